The van der Waals surface area contributed by atoms with E-state index in [1.54, 1.807) is 13.0 Å². The molecule has 0 saturated carbocycles. The van der Waals surface area contributed by atoms with Crippen LogP contribution in [0.1, 0.15) is 12.5 Å². The summed E-state index contributed by atoms with van der Waals surface area (Å²) in [7, 11) is 1.22. The van der Waals surface area contributed by atoms with Crippen LogP contribution in [0.3, 0.4) is 0 Å². The first kappa shape index (κ1) is 11.9. The first-order valence-electron chi connectivity index (χ1n) is 4.11. The molecule has 1 N–H and O–H groups in total. The number of benzene rings is 1. The summed E-state index contributed by atoms with van der Waals surface area (Å²) in [6.45, 7) is 1.71. The molecule has 1 aromatic carbocycles. The minimum Gasteiger partial charge on any atom is -0.507 e. The van der Waals surface area contributed by atoms with Crippen LogP contribution in [0.5, 0.6) is 5.75 Å². The maximum atomic E-state index is 11.0. The number of hydrogen-bond donors (Lipinski definition) is 1. The average molecular weight is 245 g/mol. The lowest BCUT2D eigenvalue weighted by Gasteiger charge is -2.02. The molecule has 0 aliphatic rings. The molecule has 0 radical (unpaired) electrons. The zero-order valence-electron chi connectivity index (χ0n) is 7.99. The van der Waals surface area contributed by atoms with Crippen molar-refractivity contribution in [2.75, 3.05) is 0 Å². The number of aromatic hydroxyl groups is 1. The second-order valence-corrected chi connectivity index (χ2v) is 5.38. The normalized spacial score (nSPS) is 10.5. The largest absolute Gasteiger partial charge is 0.507 e. The van der Waals surface area contributed by atoms with Gasteiger partial charge in [-0.1, -0.05) is 12.0 Å². The molecule has 0 bridgehead atoms. The maximum absolute atomic E-state index is 11.0. The third-order valence-electron chi connectivity index (χ3n) is 1.76. The van der Waals surface area contributed by atoms with Crippen LogP contribution in [-0.4, -0.2) is 13.5 Å². The number of rotatable bonds is 2. The van der Waals surface area contributed by atoms with Gasteiger partial charge < -0.3 is 5.11 Å². The second-order valence-electron chi connectivity index (χ2n) is 2.84. The molecule has 1 aromatic rings. The molecule has 0 aromatic heterocycles. The molecule has 5 heteroatoms. The zero-order valence-corrected chi connectivity index (χ0v) is 9.56. The lowest BCUT2D eigenvalue weighted by atomic mass is 10.1. The Kier molecular flexibility index (Phi) is 3.61. The standard InChI is InChI=1S/C10H9ClO3S/c1-2-3-4-8-5-6-10(9(12)7-8)15(11,13)14/h5-7,12H,4H2,1H3. The molecule has 0 heterocycles. The smallest absolute Gasteiger partial charge is 0.264 e. The molecule has 0 unspecified atom stereocenters. The van der Waals surface area contributed by atoms with Crippen molar-refractivity contribution >= 4 is 19.7 Å². The topological polar surface area (TPSA) is 54.4 Å². The van der Waals surface area contributed by atoms with Crippen LogP contribution >= 0.6 is 10.7 Å². The highest BCUT2D eigenvalue weighted by molar-refractivity contribution is 8.13. The quantitative estimate of drug-likeness (QED) is 0.639. The van der Waals surface area contributed by atoms with Gasteiger partial charge in [0.1, 0.15) is 10.6 Å². The van der Waals surface area contributed by atoms with Crippen LogP contribution in [0.4, 0.5) is 0 Å². The molecule has 80 valence electrons. The Morgan fingerprint density at radius 3 is 2.60 bits per heavy atom. The number of phenols is 1. The Bertz CT molecular complexity index is 523. The minimum absolute atomic E-state index is 0.280. The van der Waals surface area contributed by atoms with Crippen molar-refractivity contribution in [3.05, 3.63) is 23.8 Å². The van der Waals surface area contributed by atoms with Gasteiger partial charge in [-0.25, -0.2) is 8.42 Å². The molecule has 0 fully saturated rings. The molecular formula is C10H9ClO3S. The highest BCUT2D eigenvalue weighted by Gasteiger charge is 2.15. The van der Waals surface area contributed by atoms with E-state index in [1.165, 1.54) is 12.1 Å². The molecule has 0 saturated heterocycles. The van der Waals surface area contributed by atoms with Crippen molar-refractivity contribution in [1.82, 2.24) is 0 Å². The third-order valence-corrected chi connectivity index (χ3v) is 3.12. The predicted molar refractivity (Wildman–Crippen MR) is 58.3 cm³/mol. The lowest BCUT2D eigenvalue weighted by Crippen LogP contribution is -1.92. The van der Waals surface area contributed by atoms with Crippen molar-refractivity contribution in [1.29, 1.82) is 0 Å². The Morgan fingerprint density at radius 2 is 2.13 bits per heavy atom. The molecule has 0 spiro atoms. The summed E-state index contributed by atoms with van der Waals surface area (Å²) in [6.07, 6.45) is 0.465. The van der Waals surface area contributed by atoms with Gasteiger partial charge in [-0.15, -0.1) is 5.92 Å². The Hall–Kier alpha value is -1.18. The van der Waals surface area contributed by atoms with Gasteiger partial charge in [-0.3, -0.25) is 0 Å². The first-order chi connectivity index (χ1) is 6.95. The summed E-state index contributed by atoms with van der Waals surface area (Å²) in [6, 6.07) is 4.18. The summed E-state index contributed by atoms with van der Waals surface area (Å²) in [4.78, 5) is -0.280. The maximum Gasteiger partial charge on any atom is 0.264 e. The van der Waals surface area contributed by atoms with E-state index in [4.69, 9.17) is 10.7 Å². The van der Waals surface area contributed by atoms with Gasteiger partial charge in [-0.05, 0) is 24.6 Å². The highest BCUT2D eigenvalue weighted by atomic mass is 35.7. The van der Waals surface area contributed by atoms with Gasteiger partial charge in [0.15, 0.2) is 0 Å². The van der Waals surface area contributed by atoms with Crippen LogP contribution in [0.25, 0.3) is 0 Å². The van der Waals surface area contributed by atoms with E-state index in [0.717, 1.165) is 5.56 Å². The molecule has 1 rings (SSSR count). The van der Waals surface area contributed by atoms with Gasteiger partial charge in [0.25, 0.3) is 9.05 Å². The highest BCUT2D eigenvalue weighted by Crippen LogP contribution is 2.26. The van der Waals surface area contributed by atoms with Crippen LogP contribution in [-0.2, 0) is 15.5 Å². The van der Waals surface area contributed by atoms with E-state index < -0.39 is 9.05 Å². The van der Waals surface area contributed by atoms with Crippen LogP contribution in [0.15, 0.2) is 23.1 Å². The van der Waals surface area contributed by atoms with Crippen LogP contribution < -0.4 is 0 Å². The number of halogens is 1. The van der Waals surface area contributed by atoms with Gasteiger partial charge in [0.2, 0.25) is 0 Å². The summed E-state index contributed by atoms with van der Waals surface area (Å²) in [5.74, 6) is 5.16. The summed E-state index contributed by atoms with van der Waals surface area (Å²) in [5, 5.41) is 9.41. The van der Waals surface area contributed by atoms with Crippen molar-refractivity contribution in [3.8, 4) is 17.6 Å². The van der Waals surface area contributed by atoms with E-state index in [-0.39, 0.29) is 10.6 Å². The molecule has 0 amide bonds. The fourth-order valence-electron chi connectivity index (χ4n) is 1.07. The summed E-state index contributed by atoms with van der Waals surface area (Å²) >= 11 is 0. The Labute approximate surface area is 93.1 Å². The van der Waals surface area contributed by atoms with Crippen LogP contribution in [0, 0.1) is 11.8 Å². The first-order valence-corrected chi connectivity index (χ1v) is 6.42. The van der Waals surface area contributed by atoms with E-state index in [1.807, 2.05) is 0 Å². The van der Waals surface area contributed by atoms with Gasteiger partial charge in [-0.2, -0.15) is 0 Å². The van der Waals surface area contributed by atoms with E-state index in [2.05, 4.69) is 11.8 Å². The monoisotopic (exact) mass is 244 g/mol. The molecule has 0 aliphatic carbocycles. The summed E-state index contributed by atoms with van der Waals surface area (Å²) in [5.41, 5.74) is 0.742. The number of phenolic OH excluding ortho intramolecular Hbond substituents is 1. The third kappa shape index (κ3) is 3.15. The second kappa shape index (κ2) is 4.56. The molecule has 0 atom stereocenters. The summed E-state index contributed by atoms with van der Waals surface area (Å²) < 4.78 is 21.9. The van der Waals surface area contributed by atoms with Crippen molar-refractivity contribution < 1.29 is 13.5 Å². The SMILES string of the molecule is CC#CCc1ccc(S(=O)(=O)Cl)c(O)c1. The van der Waals surface area contributed by atoms with Gasteiger partial charge in [0.05, 0.1) is 0 Å². The predicted octanol–water partition coefficient (Wildman–Crippen LogP) is 1.89. The zero-order chi connectivity index (χ0) is 11.5. The minimum atomic E-state index is -3.88. The lowest BCUT2D eigenvalue weighted by molar-refractivity contribution is 0.459. The molecule has 0 aliphatic heterocycles. The molecule has 15 heavy (non-hydrogen) atoms. The fraction of sp³-hybridized carbons (Fsp3) is 0.200. The Balaban J connectivity index is 3.13. The van der Waals surface area contributed by atoms with Gasteiger partial charge in [0, 0.05) is 17.1 Å². The fourth-order valence-corrected chi connectivity index (χ4v) is 2.00. The van der Waals surface area contributed by atoms with Crippen molar-refractivity contribution in [2.45, 2.75) is 18.2 Å². The average Bonchev–Trinajstić information content (AvgIpc) is 2.12. The Morgan fingerprint density at radius 1 is 1.47 bits per heavy atom. The van der Waals surface area contributed by atoms with E-state index in [0.29, 0.717) is 6.42 Å². The molecule has 3 nitrogen and oxygen atoms in total. The molecular weight excluding hydrogens is 236 g/mol. The van der Waals surface area contributed by atoms with Gasteiger partial charge >= 0.3 is 0 Å². The van der Waals surface area contributed by atoms with Crippen molar-refractivity contribution in [3.63, 3.8) is 0 Å². The van der Waals surface area contributed by atoms with Crippen molar-refractivity contribution in [2.24, 2.45) is 0 Å². The van der Waals surface area contributed by atoms with Crippen LogP contribution in [0.2, 0.25) is 0 Å². The number of hydrogen-bond acceptors (Lipinski definition) is 3. The van der Waals surface area contributed by atoms with E-state index in [9.17, 15) is 13.5 Å². The van der Waals surface area contributed by atoms with E-state index >= 15 is 0 Å².